The molecule has 5 heteroatoms. The molecule has 0 atom stereocenters. The SMILES string of the molecule is COc1ccc(Br)cc1CNc1ccc(F)c(C#N)c1. The fraction of sp³-hybridized carbons (Fsp3) is 0.133. The van der Waals surface area contributed by atoms with E-state index < -0.39 is 5.82 Å². The molecular formula is C15H12BrFN2O. The summed E-state index contributed by atoms with van der Waals surface area (Å²) in [6, 6.07) is 11.9. The van der Waals surface area contributed by atoms with Gasteiger partial charge in [-0.2, -0.15) is 5.26 Å². The summed E-state index contributed by atoms with van der Waals surface area (Å²) in [7, 11) is 1.61. The summed E-state index contributed by atoms with van der Waals surface area (Å²) in [4.78, 5) is 0. The Hall–Kier alpha value is -2.06. The van der Waals surface area contributed by atoms with Crippen LogP contribution in [0.15, 0.2) is 40.9 Å². The average Bonchev–Trinajstić information content (AvgIpc) is 2.46. The molecule has 0 heterocycles. The largest absolute Gasteiger partial charge is 0.496 e. The smallest absolute Gasteiger partial charge is 0.141 e. The van der Waals surface area contributed by atoms with Crippen molar-refractivity contribution in [1.82, 2.24) is 0 Å². The summed E-state index contributed by atoms with van der Waals surface area (Å²) >= 11 is 3.41. The minimum atomic E-state index is -0.516. The number of nitrogens with one attached hydrogen (secondary N) is 1. The molecule has 0 unspecified atom stereocenters. The minimum absolute atomic E-state index is 0.0243. The van der Waals surface area contributed by atoms with Gasteiger partial charge in [0, 0.05) is 22.3 Å². The second-order valence-electron chi connectivity index (χ2n) is 4.12. The number of nitriles is 1. The van der Waals surface area contributed by atoms with Gasteiger partial charge in [0.15, 0.2) is 0 Å². The average molecular weight is 335 g/mol. The van der Waals surface area contributed by atoms with Crippen molar-refractivity contribution in [1.29, 1.82) is 5.26 Å². The van der Waals surface area contributed by atoms with Crippen molar-refractivity contribution < 1.29 is 9.13 Å². The van der Waals surface area contributed by atoms with Crippen molar-refractivity contribution in [2.24, 2.45) is 0 Å². The van der Waals surface area contributed by atoms with Crippen molar-refractivity contribution in [2.45, 2.75) is 6.54 Å². The van der Waals surface area contributed by atoms with E-state index in [2.05, 4.69) is 21.2 Å². The van der Waals surface area contributed by atoms with Crippen LogP contribution in [0, 0.1) is 17.1 Å². The van der Waals surface area contributed by atoms with Crippen molar-refractivity contribution in [2.75, 3.05) is 12.4 Å². The molecule has 0 bridgehead atoms. The Morgan fingerprint density at radius 3 is 2.80 bits per heavy atom. The van der Waals surface area contributed by atoms with Crippen LogP contribution < -0.4 is 10.1 Å². The van der Waals surface area contributed by atoms with Crippen LogP contribution in [-0.4, -0.2) is 7.11 Å². The molecule has 20 heavy (non-hydrogen) atoms. The Bertz CT molecular complexity index is 667. The van der Waals surface area contributed by atoms with E-state index in [1.54, 1.807) is 13.2 Å². The van der Waals surface area contributed by atoms with Crippen LogP contribution in [0.25, 0.3) is 0 Å². The van der Waals surface area contributed by atoms with Crippen LogP contribution in [0.4, 0.5) is 10.1 Å². The van der Waals surface area contributed by atoms with E-state index in [-0.39, 0.29) is 5.56 Å². The molecule has 0 spiro atoms. The second kappa shape index (κ2) is 6.40. The van der Waals surface area contributed by atoms with E-state index in [4.69, 9.17) is 10.00 Å². The van der Waals surface area contributed by atoms with E-state index in [0.29, 0.717) is 12.2 Å². The zero-order valence-corrected chi connectivity index (χ0v) is 12.4. The van der Waals surface area contributed by atoms with Crippen LogP contribution in [0.1, 0.15) is 11.1 Å². The highest BCUT2D eigenvalue weighted by atomic mass is 79.9. The van der Waals surface area contributed by atoms with Gasteiger partial charge in [0.1, 0.15) is 17.6 Å². The monoisotopic (exact) mass is 334 g/mol. The molecule has 0 aliphatic rings. The maximum atomic E-state index is 13.2. The van der Waals surface area contributed by atoms with E-state index in [0.717, 1.165) is 15.8 Å². The fourth-order valence-corrected chi connectivity index (χ4v) is 2.21. The summed E-state index contributed by atoms with van der Waals surface area (Å²) in [5.74, 6) is 0.251. The predicted molar refractivity (Wildman–Crippen MR) is 79.1 cm³/mol. The molecule has 2 aromatic rings. The number of anilines is 1. The number of rotatable bonds is 4. The molecule has 0 radical (unpaired) electrons. The highest BCUT2D eigenvalue weighted by molar-refractivity contribution is 9.10. The topological polar surface area (TPSA) is 45.0 Å². The first kappa shape index (κ1) is 14.4. The molecule has 1 N–H and O–H groups in total. The second-order valence-corrected chi connectivity index (χ2v) is 5.03. The Labute approximate surface area is 125 Å². The molecule has 0 saturated heterocycles. The van der Waals surface area contributed by atoms with Crippen molar-refractivity contribution in [3.8, 4) is 11.8 Å². The van der Waals surface area contributed by atoms with E-state index in [1.165, 1.54) is 12.1 Å². The number of halogens is 2. The van der Waals surface area contributed by atoms with E-state index in [1.807, 2.05) is 24.3 Å². The molecule has 0 fully saturated rings. The van der Waals surface area contributed by atoms with Gasteiger partial charge in [-0.15, -0.1) is 0 Å². The zero-order chi connectivity index (χ0) is 14.5. The highest BCUT2D eigenvalue weighted by Crippen LogP contribution is 2.24. The van der Waals surface area contributed by atoms with Gasteiger partial charge in [-0.1, -0.05) is 15.9 Å². The van der Waals surface area contributed by atoms with Gasteiger partial charge in [0.25, 0.3) is 0 Å². The Morgan fingerprint density at radius 1 is 1.30 bits per heavy atom. The van der Waals surface area contributed by atoms with Gasteiger partial charge in [0.05, 0.1) is 12.7 Å². The molecule has 3 nitrogen and oxygen atoms in total. The number of methoxy groups -OCH3 is 1. The molecule has 0 amide bonds. The van der Waals surface area contributed by atoms with Crippen molar-refractivity contribution in [3.05, 3.63) is 57.8 Å². The lowest BCUT2D eigenvalue weighted by atomic mass is 10.1. The van der Waals surface area contributed by atoms with Gasteiger partial charge >= 0.3 is 0 Å². The van der Waals surface area contributed by atoms with E-state index in [9.17, 15) is 4.39 Å². The maximum absolute atomic E-state index is 13.2. The van der Waals surface area contributed by atoms with Crippen LogP contribution in [0.2, 0.25) is 0 Å². The van der Waals surface area contributed by atoms with Crippen LogP contribution in [-0.2, 0) is 6.54 Å². The third-order valence-electron chi connectivity index (χ3n) is 2.81. The molecule has 0 aliphatic heterocycles. The van der Waals surface area contributed by atoms with Crippen molar-refractivity contribution >= 4 is 21.6 Å². The number of hydrogen-bond donors (Lipinski definition) is 1. The van der Waals surface area contributed by atoms with Crippen LogP contribution >= 0.6 is 15.9 Å². The Morgan fingerprint density at radius 2 is 2.10 bits per heavy atom. The number of nitrogens with zero attached hydrogens (tertiary/aromatic N) is 1. The molecular weight excluding hydrogens is 323 g/mol. The van der Waals surface area contributed by atoms with Crippen LogP contribution in [0.5, 0.6) is 5.75 Å². The van der Waals surface area contributed by atoms with E-state index >= 15 is 0 Å². The highest BCUT2D eigenvalue weighted by Gasteiger charge is 2.06. The Kier molecular flexibility index (Phi) is 4.59. The molecule has 2 aromatic carbocycles. The molecule has 0 aromatic heterocycles. The lowest BCUT2D eigenvalue weighted by Gasteiger charge is -2.11. The summed E-state index contributed by atoms with van der Waals surface area (Å²) in [5, 5.41) is 11.9. The van der Waals surface area contributed by atoms with Gasteiger partial charge in [-0.25, -0.2) is 4.39 Å². The lowest BCUT2D eigenvalue weighted by Crippen LogP contribution is -2.02. The summed E-state index contributed by atoms with van der Waals surface area (Å²) in [6.07, 6.45) is 0. The first-order valence-electron chi connectivity index (χ1n) is 5.90. The minimum Gasteiger partial charge on any atom is -0.496 e. The third kappa shape index (κ3) is 3.28. The van der Waals surface area contributed by atoms with Gasteiger partial charge in [-0.3, -0.25) is 0 Å². The van der Waals surface area contributed by atoms with Gasteiger partial charge in [0.2, 0.25) is 0 Å². The van der Waals surface area contributed by atoms with Gasteiger partial charge in [-0.05, 0) is 36.4 Å². The summed E-state index contributed by atoms with van der Waals surface area (Å²) in [5.41, 5.74) is 1.67. The first-order valence-corrected chi connectivity index (χ1v) is 6.69. The zero-order valence-electron chi connectivity index (χ0n) is 10.8. The Balaban J connectivity index is 2.17. The fourth-order valence-electron chi connectivity index (χ4n) is 1.80. The molecule has 0 aliphatic carbocycles. The third-order valence-corrected chi connectivity index (χ3v) is 3.31. The standard InChI is InChI=1S/C15H12BrFN2O/c1-20-15-5-2-12(16)6-11(15)9-19-13-3-4-14(17)10(7-13)8-18/h2-7,19H,9H2,1H3. The molecule has 102 valence electrons. The summed E-state index contributed by atoms with van der Waals surface area (Å²) < 4.78 is 19.5. The quantitative estimate of drug-likeness (QED) is 0.916. The van der Waals surface area contributed by atoms with Crippen molar-refractivity contribution in [3.63, 3.8) is 0 Å². The normalized spacial score (nSPS) is 9.90. The van der Waals surface area contributed by atoms with Crippen LogP contribution in [0.3, 0.4) is 0 Å². The first-order chi connectivity index (χ1) is 9.63. The lowest BCUT2D eigenvalue weighted by molar-refractivity contribution is 0.410. The number of hydrogen-bond acceptors (Lipinski definition) is 3. The predicted octanol–water partition coefficient (Wildman–Crippen LogP) is 4.08. The molecule has 0 saturated carbocycles. The summed E-state index contributed by atoms with van der Waals surface area (Å²) in [6.45, 7) is 0.513. The molecule has 2 rings (SSSR count). The maximum Gasteiger partial charge on any atom is 0.141 e. The van der Waals surface area contributed by atoms with Gasteiger partial charge < -0.3 is 10.1 Å². The number of ether oxygens (including phenoxy) is 1. The number of benzene rings is 2.